The van der Waals surface area contributed by atoms with E-state index in [0.29, 0.717) is 13.0 Å². The summed E-state index contributed by atoms with van der Waals surface area (Å²) in [4.78, 5) is 23.0. The molecule has 0 bridgehead atoms. The van der Waals surface area contributed by atoms with Gasteiger partial charge in [-0.2, -0.15) is 0 Å². The van der Waals surface area contributed by atoms with Crippen molar-refractivity contribution in [2.45, 2.75) is 32.6 Å². The van der Waals surface area contributed by atoms with E-state index in [1.54, 1.807) is 13.0 Å². The van der Waals surface area contributed by atoms with E-state index in [2.05, 4.69) is 6.58 Å². The van der Waals surface area contributed by atoms with E-state index in [1.165, 1.54) is 0 Å². The Kier molecular flexibility index (Phi) is 4.53. The molecule has 1 aliphatic rings. The average molecular weight is 210 g/mol. The van der Waals surface area contributed by atoms with Crippen molar-refractivity contribution in [3.05, 3.63) is 12.7 Å². The van der Waals surface area contributed by atoms with Gasteiger partial charge in [0, 0.05) is 12.3 Å². The van der Waals surface area contributed by atoms with Crippen LogP contribution >= 0.6 is 0 Å². The predicted molar refractivity (Wildman–Crippen MR) is 57.3 cm³/mol. The van der Waals surface area contributed by atoms with E-state index in [0.717, 1.165) is 12.8 Å². The molecule has 0 amide bonds. The average Bonchev–Trinajstić information content (AvgIpc) is 2.21. The lowest BCUT2D eigenvalue weighted by Crippen LogP contribution is -2.29. The second-order valence-corrected chi connectivity index (χ2v) is 3.87. The third-order valence-electron chi connectivity index (χ3n) is 2.89. The molecule has 3 nitrogen and oxygen atoms in total. The lowest BCUT2D eigenvalue weighted by Gasteiger charge is -2.27. The normalized spacial score (nSPS) is 26.1. The van der Waals surface area contributed by atoms with Gasteiger partial charge in [0.15, 0.2) is 0 Å². The van der Waals surface area contributed by atoms with Gasteiger partial charge >= 0.3 is 5.97 Å². The first-order valence-electron chi connectivity index (χ1n) is 5.50. The fourth-order valence-corrected chi connectivity index (χ4v) is 2.08. The lowest BCUT2D eigenvalue weighted by molar-refractivity contribution is -0.147. The molecule has 0 heterocycles. The number of ketones is 1. The Bertz CT molecular complexity index is 258. The zero-order chi connectivity index (χ0) is 11.3. The van der Waals surface area contributed by atoms with Gasteiger partial charge in [-0.25, -0.2) is 0 Å². The van der Waals surface area contributed by atoms with E-state index < -0.39 is 0 Å². The number of hydrogen-bond donors (Lipinski definition) is 0. The Morgan fingerprint density at radius 2 is 2.40 bits per heavy atom. The third kappa shape index (κ3) is 3.18. The molecule has 0 aliphatic heterocycles. The van der Waals surface area contributed by atoms with E-state index in [1.807, 2.05) is 0 Å². The highest BCUT2D eigenvalue weighted by Gasteiger charge is 2.31. The van der Waals surface area contributed by atoms with Crippen LogP contribution in [0.4, 0.5) is 0 Å². The largest absolute Gasteiger partial charge is 0.466 e. The molecule has 15 heavy (non-hydrogen) atoms. The molecule has 0 saturated heterocycles. The zero-order valence-electron chi connectivity index (χ0n) is 9.20. The minimum Gasteiger partial charge on any atom is -0.466 e. The van der Waals surface area contributed by atoms with Gasteiger partial charge in [-0.15, -0.1) is 6.58 Å². The van der Waals surface area contributed by atoms with Gasteiger partial charge < -0.3 is 4.74 Å². The van der Waals surface area contributed by atoms with Crippen LogP contribution in [-0.4, -0.2) is 18.4 Å². The van der Waals surface area contributed by atoms with Gasteiger partial charge in [-0.3, -0.25) is 9.59 Å². The molecule has 2 atom stereocenters. The summed E-state index contributed by atoms with van der Waals surface area (Å²) in [7, 11) is 0. The predicted octanol–water partition coefficient (Wildman–Crippen LogP) is 2.11. The molecular weight excluding hydrogens is 192 g/mol. The molecule has 0 spiro atoms. The van der Waals surface area contributed by atoms with Crippen LogP contribution in [0.3, 0.4) is 0 Å². The van der Waals surface area contributed by atoms with Crippen LogP contribution < -0.4 is 0 Å². The molecule has 0 unspecified atom stereocenters. The summed E-state index contributed by atoms with van der Waals surface area (Å²) in [5, 5.41) is 0. The molecular formula is C12H18O3. The minimum absolute atomic E-state index is 0.149. The summed E-state index contributed by atoms with van der Waals surface area (Å²) in [6.45, 7) is 5.86. The zero-order valence-corrected chi connectivity index (χ0v) is 9.20. The topological polar surface area (TPSA) is 43.4 Å². The number of ether oxygens (including phenoxy) is 1. The number of Topliss-reactive ketones (excluding diaryl/α,β-unsaturated/α-hetero) is 1. The second-order valence-electron chi connectivity index (χ2n) is 3.87. The molecule has 0 aromatic rings. The first-order chi connectivity index (χ1) is 7.19. The molecule has 0 aromatic heterocycles. The van der Waals surface area contributed by atoms with Crippen LogP contribution in [0.25, 0.3) is 0 Å². The highest BCUT2D eigenvalue weighted by Crippen LogP contribution is 2.30. The van der Waals surface area contributed by atoms with Crippen LogP contribution in [0.2, 0.25) is 0 Å². The number of carbonyl (C=O) groups excluding carboxylic acids is 2. The summed E-state index contributed by atoms with van der Waals surface area (Å²) in [6.07, 6.45) is 4.47. The fourth-order valence-electron chi connectivity index (χ4n) is 2.08. The number of esters is 1. The van der Waals surface area contributed by atoms with Gasteiger partial charge in [-0.1, -0.05) is 6.08 Å². The SMILES string of the molecule is C=C[C@@H]1CCCC(=O)[C@H]1CC(=O)OCC. The molecule has 1 fully saturated rings. The number of allylic oxidation sites excluding steroid dienone is 1. The van der Waals surface area contributed by atoms with Crippen molar-refractivity contribution in [1.82, 2.24) is 0 Å². The third-order valence-corrected chi connectivity index (χ3v) is 2.89. The maximum Gasteiger partial charge on any atom is 0.306 e. The molecule has 1 rings (SSSR count). The van der Waals surface area contributed by atoms with Gasteiger partial charge in [-0.05, 0) is 25.7 Å². The van der Waals surface area contributed by atoms with Gasteiger partial charge in [0.25, 0.3) is 0 Å². The van der Waals surface area contributed by atoms with Crippen molar-refractivity contribution in [2.24, 2.45) is 11.8 Å². The Balaban J connectivity index is 2.58. The summed E-state index contributed by atoms with van der Waals surface area (Å²) < 4.78 is 4.86. The van der Waals surface area contributed by atoms with Gasteiger partial charge in [0.05, 0.1) is 13.0 Å². The molecule has 0 radical (unpaired) electrons. The Morgan fingerprint density at radius 3 is 3.00 bits per heavy atom. The molecule has 1 saturated carbocycles. The minimum atomic E-state index is -0.274. The maximum absolute atomic E-state index is 11.6. The van der Waals surface area contributed by atoms with Crippen LogP contribution in [-0.2, 0) is 14.3 Å². The maximum atomic E-state index is 11.6. The van der Waals surface area contributed by atoms with Crippen molar-refractivity contribution >= 4 is 11.8 Å². The fraction of sp³-hybridized carbons (Fsp3) is 0.667. The van der Waals surface area contributed by atoms with E-state index >= 15 is 0 Å². The van der Waals surface area contributed by atoms with Crippen molar-refractivity contribution in [1.29, 1.82) is 0 Å². The number of carbonyl (C=O) groups is 2. The monoisotopic (exact) mass is 210 g/mol. The van der Waals surface area contributed by atoms with Crippen LogP contribution in [0, 0.1) is 11.8 Å². The van der Waals surface area contributed by atoms with Crippen LogP contribution in [0.1, 0.15) is 32.6 Å². The first-order valence-corrected chi connectivity index (χ1v) is 5.50. The summed E-state index contributed by atoms with van der Waals surface area (Å²) >= 11 is 0. The highest BCUT2D eigenvalue weighted by molar-refractivity contribution is 5.86. The van der Waals surface area contributed by atoms with Gasteiger partial charge in [0.2, 0.25) is 0 Å². The second kappa shape index (κ2) is 5.69. The standard InChI is InChI=1S/C12H18O3/c1-3-9-6-5-7-11(13)10(9)8-12(14)15-4-2/h3,9-10H,1,4-8H2,2H3/t9-,10+/m1/s1. The van der Waals surface area contributed by atoms with Crippen molar-refractivity contribution < 1.29 is 14.3 Å². The van der Waals surface area contributed by atoms with Crippen molar-refractivity contribution in [3.8, 4) is 0 Å². The Hall–Kier alpha value is -1.12. The first kappa shape index (κ1) is 12.0. The lowest BCUT2D eigenvalue weighted by atomic mass is 9.77. The summed E-state index contributed by atoms with van der Waals surface area (Å²) in [5.41, 5.74) is 0. The smallest absolute Gasteiger partial charge is 0.306 e. The van der Waals surface area contributed by atoms with Crippen LogP contribution in [0.5, 0.6) is 0 Å². The highest BCUT2D eigenvalue weighted by atomic mass is 16.5. The Morgan fingerprint density at radius 1 is 1.67 bits per heavy atom. The van der Waals surface area contributed by atoms with E-state index in [9.17, 15) is 9.59 Å². The summed E-state index contributed by atoms with van der Waals surface area (Å²) in [5.74, 6) is -0.144. The molecule has 0 N–H and O–H groups in total. The molecule has 0 aromatic carbocycles. The van der Waals surface area contributed by atoms with E-state index in [-0.39, 0.29) is 30.0 Å². The van der Waals surface area contributed by atoms with Crippen molar-refractivity contribution in [2.75, 3.05) is 6.61 Å². The molecule has 1 aliphatic carbocycles. The number of rotatable bonds is 4. The van der Waals surface area contributed by atoms with Gasteiger partial charge in [0.1, 0.15) is 5.78 Å². The number of hydrogen-bond acceptors (Lipinski definition) is 3. The summed E-state index contributed by atoms with van der Waals surface area (Å²) in [6, 6.07) is 0. The molecule has 84 valence electrons. The van der Waals surface area contributed by atoms with Crippen LogP contribution in [0.15, 0.2) is 12.7 Å². The quantitative estimate of drug-likeness (QED) is 0.527. The Labute approximate surface area is 90.5 Å². The van der Waals surface area contributed by atoms with Crippen molar-refractivity contribution in [3.63, 3.8) is 0 Å². The van der Waals surface area contributed by atoms with E-state index in [4.69, 9.17) is 4.74 Å². The molecule has 3 heteroatoms.